The Kier molecular flexibility index (Phi) is 3.96. The van der Waals surface area contributed by atoms with Gasteiger partial charge < -0.3 is 5.32 Å². The maximum Gasteiger partial charge on any atom is 0.175 e. The summed E-state index contributed by atoms with van der Waals surface area (Å²) in [5, 5.41) is 3.87. The second kappa shape index (κ2) is 5.92. The van der Waals surface area contributed by atoms with E-state index in [1.54, 1.807) is 24.4 Å². The molecule has 0 unspecified atom stereocenters. The van der Waals surface area contributed by atoms with Gasteiger partial charge in [-0.1, -0.05) is 0 Å². The molecular weight excluding hydrogens is 312 g/mol. The van der Waals surface area contributed by atoms with Crippen LogP contribution < -0.4 is 5.32 Å². The van der Waals surface area contributed by atoms with Gasteiger partial charge in [-0.25, -0.2) is 18.4 Å². The van der Waals surface area contributed by atoms with Gasteiger partial charge in [0.1, 0.15) is 12.1 Å². The van der Waals surface area contributed by atoms with Gasteiger partial charge in [0.15, 0.2) is 9.84 Å². The Balaban J connectivity index is 1.96. The zero-order valence-corrected chi connectivity index (χ0v) is 13.6. The topological polar surface area (TPSA) is 84.8 Å². The highest BCUT2D eigenvalue weighted by Crippen LogP contribution is 2.23. The Morgan fingerprint density at radius 3 is 2.65 bits per heavy atom. The van der Waals surface area contributed by atoms with Crippen molar-refractivity contribution in [1.29, 1.82) is 0 Å². The van der Waals surface area contributed by atoms with Crippen LogP contribution in [0.4, 0.5) is 5.82 Å². The number of fused-ring (bicyclic) bond motifs is 1. The molecule has 7 heteroatoms. The first kappa shape index (κ1) is 15.4. The number of hydrogen-bond acceptors (Lipinski definition) is 6. The Morgan fingerprint density at radius 1 is 1.09 bits per heavy atom. The number of rotatable bonds is 4. The number of aryl methyl sites for hydroxylation is 1. The quantitative estimate of drug-likeness (QED) is 0.791. The molecule has 0 fully saturated rings. The number of aromatic nitrogens is 3. The molecule has 0 radical (unpaired) electrons. The minimum Gasteiger partial charge on any atom is -0.364 e. The predicted molar refractivity (Wildman–Crippen MR) is 88.9 cm³/mol. The predicted octanol–water partition coefficient (Wildman–Crippen LogP) is 2.35. The molecule has 0 amide bonds. The molecule has 3 aromatic rings. The Morgan fingerprint density at radius 2 is 1.91 bits per heavy atom. The van der Waals surface area contributed by atoms with Crippen molar-refractivity contribution in [2.45, 2.75) is 18.4 Å². The van der Waals surface area contributed by atoms with E-state index in [1.807, 2.05) is 19.1 Å². The van der Waals surface area contributed by atoms with E-state index in [0.717, 1.165) is 11.3 Å². The lowest BCUT2D eigenvalue weighted by atomic mass is 10.2. The molecule has 0 saturated carbocycles. The smallest absolute Gasteiger partial charge is 0.175 e. The second-order valence-corrected chi connectivity index (χ2v) is 7.37. The molecule has 118 valence electrons. The van der Waals surface area contributed by atoms with E-state index in [-0.39, 0.29) is 4.90 Å². The van der Waals surface area contributed by atoms with E-state index < -0.39 is 9.84 Å². The van der Waals surface area contributed by atoms with Gasteiger partial charge in [-0.3, -0.25) is 4.98 Å². The number of hydrogen-bond donors (Lipinski definition) is 1. The average molecular weight is 328 g/mol. The zero-order valence-electron chi connectivity index (χ0n) is 12.8. The molecule has 0 aliphatic rings. The molecular formula is C16H16N4O2S. The fourth-order valence-electron chi connectivity index (χ4n) is 2.28. The summed E-state index contributed by atoms with van der Waals surface area (Å²) in [7, 11) is -3.28. The molecule has 23 heavy (non-hydrogen) atoms. The van der Waals surface area contributed by atoms with Crippen LogP contribution in [0.15, 0.2) is 47.8 Å². The van der Waals surface area contributed by atoms with E-state index in [9.17, 15) is 8.42 Å². The largest absolute Gasteiger partial charge is 0.364 e. The molecule has 3 rings (SSSR count). The lowest BCUT2D eigenvalue weighted by Gasteiger charge is -2.09. The van der Waals surface area contributed by atoms with Crippen molar-refractivity contribution in [2.75, 3.05) is 11.6 Å². The van der Waals surface area contributed by atoms with Crippen LogP contribution in [0.2, 0.25) is 0 Å². The van der Waals surface area contributed by atoms with Crippen LogP contribution >= 0.6 is 0 Å². The maximum absolute atomic E-state index is 11.7. The molecule has 1 N–H and O–H groups in total. The lowest BCUT2D eigenvalue weighted by molar-refractivity contribution is 0.602. The van der Waals surface area contributed by atoms with Gasteiger partial charge in [0.25, 0.3) is 0 Å². The zero-order chi connectivity index (χ0) is 16.4. The highest BCUT2D eigenvalue weighted by atomic mass is 32.2. The normalized spacial score (nSPS) is 11.6. The number of anilines is 1. The minimum absolute atomic E-state index is 0.247. The summed E-state index contributed by atoms with van der Waals surface area (Å²) in [6.45, 7) is 2.50. The summed E-state index contributed by atoms with van der Waals surface area (Å²) >= 11 is 0. The van der Waals surface area contributed by atoms with Crippen molar-refractivity contribution >= 4 is 26.6 Å². The first-order valence-electron chi connectivity index (χ1n) is 7.04. The molecule has 0 aliphatic carbocycles. The molecule has 0 atom stereocenters. The molecule has 0 aliphatic heterocycles. The number of nitrogens with zero attached hydrogens (tertiary/aromatic N) is 3. The number of nitrogens with one attached hydrogen (secondary N) is 1. The molecule has 0 spiro atoms. The van der Waals surface area contributed by atoms with Gasteiger partial charge in [-0.15, -0.1) is 0 Å². The highest BCUT2D eigenvalue weighted by molar-refractivity contribution is 7.90. The molecule has 6 nitrogen and oxygen atoms in total. The molecule has 0 bridgehead atoms. The first-order chi connectivity index (χ1) is 10.9. The third kappa shape index (κ3) is 3.45. The van der Waals surface area contributed by atoms with Gasteiger partial charge >= 0.3 is 0 Å². The summed E-state index contributed by atoms with van der Waals surface area (Å²) in [6.07, 6.45) is 4.39. The first-order valence-corrected chi connectivity index (χ1v) is 8.93. The van der Waals surface area contributed by atoms with Crippen molar-refractivity contribution < 1.29 is 8.42 Å². The van der Waals surface area contributed by atoms with Gasteiger partial charge in [0.05, 0.1) is 22.7 Å². The van der Waals surface area contributed by atoms with Gasteiger partial charge in [0.2, 0.25) is 0 Å². The summed E-state index contributed by atoms with van der Waals surface area (Å²) in [6, 6.07) is 8.75. The van der Waals surface area contributed by atoms with Crippen LogP contribution in [0.3, 0.4) is 0 Å². The SMILES string of the molecule is Cc1ccnc(CNc2ncnc3ccc(S(C)(=O)=O)cc23)c1. The Bertz CT molecular complexity index is 971. The van der Waals surface area contributed by atoms with Crippen molar-refractivity contribution in [1.82, 2.24) is 15.0 Å². The standard InChI is InChI=1S/C16H16N4O2S/c1-11-5-6-17-12(7-11)9-18-16-14-8-13(23(2,21)22)3-4-15(14)19-10-20-16/h3-8,10H,9H2,1-2H3,(H,18,19,20). The Labute approximate surface area is 134 Å². The minimum atomic E-state index is -3.28. The maximum atomic E-state index is 11.7. The summed E-state index contributed by atoms with van der Waals surface area (Å²) < 4.78 is 23.5. The van der Waals surface area contributed by atoms with Crippen LogP contribution in [0.25, 0.3) is 10.9 Å². The Hall–Kier alpha value is -2.54. The monoisotopic (exact) mass is 328 g/mol. The van der Waals surface area contributed by atoms with Crippen LogP contribution in [0.5, 0.6) is 0 Å². The summed E-state index contributed by atoms with van der Waals surface area (Å²) in [5.41, 5.74) is 2.70. The molecule has 2 aromatic heterocycles. The highest BCUT2D eigenvalue weighted by Gasteiger charge is 2.11. The van der Waals surface area contributed by atoms with Crippen molar-refractivity contribution in [3.8, 4) is 0 Å². The molecule has 1 aromatic carbocycles. The lowest BCUT2D eigenvalue weighted by Crippen LogP contribution is -2.05. The fraction of sp³-hybridized carbons (Fsp3) is 0.188. The van der Waals surface area contributed by atoms with Crippen LogP contribution in [0, 0.1) is 6.92 Å². The number of sulfone groups is 1. The summed E-state index contributed by atoms with van der Waals surface area (Å²) in [4.78, 5) is 12.9. The van der Waals surface area contributed by atoms with E-state index >= 15 is 0 Å². The van der Waals surface area contributed by atoms with Gasteiger partial charge in [-0.05, 0) is 42.8 Å². The van der Waals surface area contributed by atoms with Crippen molar-refractivity contribution in [3.05, 3.63) is 54.1 Å². The van der Waals surface area contributed by atoms with Crippen LogP contribution in [0.1, 0.15) is 11.3 Å². The molecule has 2 heterocycles. The van der Waals surface area contributed by atoms with Crippen molar-refractivity contribution in [2.24, 2.45) is 0 Å². The number of pyridine rings is 1. The van der Waals surface area contributed by atoms with Crippen LogP contribution in [-0.4, -0.2) is 29.6 Å². The second-order valence-electron chi connectivity index (χ2n) is 5.35. The van der Waals surface area contributed by atoms with Crippen LogP contribution in [-0.2, 0) is 16.4 Å². The van der Waals surface area contributed by atoms with E-state index in [4.69, 9.17) is 0 Å². The van der Waals surface area contributed by atoms with E-state index in [1.165, 1.54) is 12.6 Å². The van der Waals surface area contributed by atoms with Gasteiger partial charge in [-0.2, -0.15) is 0 Å². The molecule has 0 saturated heterocycles. The van der Waals surface area contributed by atoms with E-state index in [0.29, 0.717) is 23.3 Å². The van der Waals surface area contributed by atoms with Gasteiger partial charge in [0, 0.05) is 17.8 Å². The average Bonchev–Trinajstić information content (AvgIpc) is 2.51. The fourth-order valence-corrected chi connectivity index (χ4v) is 2.92. The third-order valence-electron chi connectivity index (χ3n) is 3.44. The summed E-state index contributed by atoms with van der Waals surface area (Å²) in [5.74, 6) is 0.587. The van der Waals surface area contributed by atoms with E-state index in [2.05, 4.69) is 20.3 Å². The number of benzene rings is 1. The van der Waals surface area contributed by atoms with Crippen molar-refractivity contribution in [3.63, 3.8) is 0 Å². The third-order valence-corrected chi connectivity index (χ3v) is 4.55.